The minimum Gasteiger partial charge on any atom is -0.345 e. The van der Waals surface area contributed by atoms with Gasteiger partial charge < -0.3 is 9.88 Å². The number of hydrogen-bond acceptors (Lipinski definition) is 4. The molecule has 26 heavy (non-hydrogen) atoms. The number of likely N-dealkylation sites (N-methyl/N-ethyl adjacent to an activating group) is 1. The number of carbonyl (C=O) groups is 1. The van der Waals surface area contributed by atoms with Crippen molar-refractivity contribution in [3.05, 3.63) is 60.6 Å². The van der Waals surface area contributed by atoms with Gasteiger partial charge in [-0.1, -0.05) is 12.1 Å². The van der Waals surface area contributed by atoms with Crippen molar-refractivity contribution in [1.82, 2.24) is 9.97 Å². The van der Waals surface area contributed by atoms with Crippen molar-refractivity contribution in [3.63, 3.8) is 0 Å². The molecule has 0 radical (unpaired) electrons. The third-order valence-corrected chi connectivity index (χ3v) is 5.76. The number of rotatable bonds is 4. The van der Waals surface area contributed by atoms with Gasteiger partial charge in [0.25, 0.3) is 10.0 Å². The second kappa shape index (κ2) is 5.99. The van der Waals surface area contributed by atoms with Crippen molar-refractivity contribution < 1.29 is 13.2 Å². The van der Waals surface area contributed by atoms with E-state index >= 15 is 0 Å². The van der Waals surface area contributed by atoms with Crippen LogP contribution in [-0.4, -0.2) is 31.3 Å². The molecule has 7 nitrogen and oxygen atoms in total. The largest absolute Gasteiger partial charge is 0.345 e. The van der Waals surface area contributed by atoms with Crippen LogP contribution in [0.25, 0.3) is 11.3 Å². The molecule has 0 spiro atoms. The number of hydrogen-bond donors (Lipinski definition) is 2. The lowest BCUT2D eigenvalue weighted by molar-refractivity contribution is -0.117. The molecule has 0 fully saturated rings. The number of H-pyrrole nitrogens is 1. The van der Waals surface area contributed by atoms with E-state index in [1.807, 2.05) is 12.1 Å². The maximum atomic E-state index is 12.7. The van der Waals surface area contributed by atoms with Gasteiger partial charge in [-0.2, -0.15) is 0 Å². The van der Waals surface area contributed by atoms with Gasteiger partial charge in [-0.15, -0.1) is 0 Å². The molecule has 1 aliphatic rings. The van der Waals surface area contributed by atoms with Crippen LogP contribution in [0.1, 0.15) is 5.56 Å². The van der Waals surface area contributed by atoms with Gasteiger partial charge >= 0.3 is 0 Å². The highest BCUT2D eigenvalue weighted by Crippen LogP contribution is 2.30. The van der Waals surface area contributed by atoms with E-state index in [-0.39, 0.29) is 17.2 Å². The number of benzene rings is 2. The summed E-state index contributed by atoms with van der Waals surface area (Å²) in [5.41, 5.74) is 3.69. The van der Waals surface area contributed by atoms with Crippen LogP contribution in [0.4, 0.5) is 11.4 Å². The number of fused-ring (bicyclic) bond motifs is 1. The summed E-state index contributed by atoms with van der Waals surface area (Å²) in [6.45, 7) is 0. The Morgan fingerprint density at radius 3 is 2.62 bits per heavy atom. The van der Waals surface area contributed by atoms with Gasteiger partial charge in [0.2, 0.25) is 5.91 Å². The van der Waals surface area contributed by atoms with E-state index in [0.717, 1.165) is 22.5 Å². The second-order valence-electron chi connectivity index (χ2n) is 6.07. The number of aromatic amines is 1. The molecule has 2 aromatic carbocycles. The van der Waals surface area contributed by atoms with Crippen LogP contribution in [0.3, 0.4) is 0 Å². The molecule has 2 heterocycles. The molecule has 1 aromatic heterocycles. The Kier molecular flexibility index (Phi) is 3.77. The van der Waals surface area contributed by atoms with Crippen LogP contribution < -0.4 is 9.62 Å². The van der Waals surface area contributed by atoms with Gasteiger partial charge in [0, 0.05) is 18.4 Å². The SMILES string of the molecule is CN1C(=O)Cc2cc(S(=O)(=O)Nc3ccc(-c4cnc[nH]4)cc3)ccc21. The molecule has 0 saturated heterocycles. The van der Waals surface area contributed by atoms with Crippen LogP contribution in [0.5, 0.6) is 0 Å². The highest BCUT2D eigenvalue weighted by atomic mass is 32.2. The number of amides is 1. The second-order valence-corrected chi connectivity index (χ2v) is 7.75. The van der Waals surface area contributed by atoms with Crippen molar-refractivity contribution in [3.8, 4) is 11.3 Å². The van der Waals surface area contributed by atoms with Crippen LogP contribution in [0, 0.1) is 0 Å². The molecule has 8 heteroatoms. The molecule has 3 aromatic rings. The zero-order chi connectivity index (χ0) is 18.3. The normalized spacial score (nSPS) is 13.7. The highest BCUT2D eigenvalue weighted by molar-refractivity contribution is 7.92. The van der Waals surface area contributed by atoms with Crippen molar-refractivity contribution in [2.45, 2.75) is 11.3 Å². The fourth-order valence-electron chi connectivity index (χ4n) is 2.96. The summed E-state index contributed by atoms with van der Waals surface area (Å²) in [5.74, 6) is -0.0445. The quantitative estimate of drug-likeness (QED) is 0.739. The molecule has 1 amide bonds. The first-order chi connectivity index (χ1) is 12.4. The number of imidazole rings is 1. The number of nitrogens with zero attached hydrogens (tertiary/aromatic N) is 2. The molecule has 0 unspecified atom stereocenters. The maximum Gasteiger partial charge on any atom is 0.261 e. The van der Waals surface area contributed by atoms with Gasteiger partial charge in [0.1, 0.15) is 0 Å². The molecule has 0 bridgehead atoms. The smallest absolute Gasteiger partial charge is 0.261 e. The summed E-state index contributed by atoms with van der Waals surface area (Å²) >= 11 is 0. The molecule has 0 aliphatic carbocycles. The minimum absolute atomic E-state index is 0.0445. The van der Waals surface area contributed by atoms with Crippen LogP contribution >= 0.6 is 0 Å². The summed E-state index contributed by atoms with van der Waals surface area (Å²) in [5, 5.41) is 0. The van der Waals surface area contributed by atoms with E-state index in [0.29, 0.717) is 5.69 Å². The monoisotopic (exact) mass is 368 g/mol. The van der Waals surface area contributed by atoms with Crippen LogP contribution in [0.2, 0.25) is 0 Å². The van der Waals surface area contributed by atoms with Crippen LogP contribution in [-0.2, 0) is 21.2 Å². The van der Waals surface area contributed by atoms with Crippen molar-refractivity contribution in [1.29, 1.82) is 0 Å². The molecule has 0 atom stereocenters. The molecule has 0 saturated carbocycles. The van der Waals surface area contributed by atoms with Crippen molar-refractivity contribution in [2.75, 3.05) is 16.7 Å². The molecule has 132 valence electrons. The summed E-state index contributed by atoms with van der Waals surface area (Å²) in [4.78, 5) is 20.4. The molecule has 1 aliphatic heterocycles. The third-order valence-electron chi connectivity index (χ3n) is 4.38. The fourth-order valence-corrected chi connectivity index (χ4v) is 4.07. The molecule has 2 N–H and O–H groups in total. The third kappa shape index (κ3) is 2.84. The minimum atomic E-state index is -3.74. The average Bonchev–Trinajstić information content (AvgIpc) is 3.24. The summed E-state index contributed by atoms with van der Waals surface area (Å²) in [7, 11) is -2.05. The fraction of sp³-hybridized carbons (Fsp3) is 0.111. The zero-order valence-corrected chi connectivity index (χ0v) is 14.7. The Labute approximate surface area is 150 Å². The Morgan fingerprint density at radius 1 is 1.15 bits per heavy atom. The van der Waals surface area contributed by atoms with Gasteiger partial charge in [0.15, 0.2) is 0 Å². The first-order valence-corrected chi connectivity index (χ1v) is 9.43. The van der Waals surface area contributed by atoms with E-state index in [1.165, 1.54) is 11.0 Å². The zero-order valence-electron chi connectivity index (χ0n) is 13.9. The number of carbonyl (C=O) groups excluding carboxylic acids is 1. The Morgan fingerprint density at radius 2 is 1.92 bits per heavy atom. The first-order valence-electron chi connectivity index (χ1n) is 7.95. The standard InChI is InChI=1S/C18H16N4O3S/c1-22-17-7-6-15(8-13(17)9-18(22)23)26(24,25)21-14-4-2-12(3-5-14)16-10-19-11-20-16/h2-8,10-11,21H,9H2,1H3,(H,19,20). The summed E-state index contributed by atoms with van der Waals surface area (Å²) in [6, 6.07) is 11.7. The number of aromatic nitrogens is 2. The van der Waals surface area contributed by atoms with E-state index < -0.39 is 10.0 Å². The Hall–Kier alpha value is -3.13. The lowest BCUT2D eigenvalue weighted by Crippen LogP contribution is -2.20. The molecular formula is C18H16N4O3S. The summed E-state index contributed by atoms with van der Waals surface area (Å²) < 4.78 is 27.9. The van der Waals surface area contributed by atoms with Gasteiger partial charge in [-0.3, -0.25) is 9.52 Å². The van der Waals surface area contributed by atoms with Crippen molar-refractivity contribution >= 4 is 27.3 Å². The van der Waals surface area contributed by atoms with Crippen LogP contribution in [0.15, 0.2) is 59.9 Å². The lowest BCUT2D eigenvalue weighted by atomic mass is 10.1. The first kappa shape index (κ1) is 16.3. The molecule has 4 rings (SSSR count). The topological polar surface area (TPSA) is 95.2 Å². The summed E-state index contributed by atoms with van der Waals surface area (Å²) in [6.07, 6.45) is 3.50. The molecular weight excluding hydrogens is 352 g/mol. The van der Waals surface area contributed by atoms with Gasteiger partial charge in [-0.05, 0) is 41.5 Å². The van der Waals surface area contributed by atoms with Gasteiger partial charge in [-0.25, -0.2) is 13.4 Å². The number of nitrogens with one attached hydrogen (secondary N) is 2. The average molecular weight is 368 g/mol. The highest BCUT2D eigenvalue weighted by Gasteiger charge is 2.26. The lowest BCUT2D eigenvalue weighted by Gasteiger charge is -2.12. The van der Waals surface area contributed by atoms with E-state index in [4.69, 9.17) is 0 Å². The van der Waals surface area contributed by atoms with Gasteiger partial charge in [0.05, 0.1) is 29.5 Å². The van der Waals surface area contributed by atoms with Crippen molar-refractivity contribution in [2.24, 2.45) is 0 Å². The Balaban J connectivity index is 1.58. The maximum absolute atomic E-state index is 12.7. The Bertz CT molecular complexity index is 1070. The predicted octanol–water partition coefficient (Wildman–Crippen LogP) is 2.40. The van der Waals surface area contributed by atoms with E-state index in [2.05, 4.69) is 14.7 Å². The number of anilines is 2. The number of sulfonamides is 1. The van der Waals surface area contributed by atoms with E-state index in [9.17, 15) is 13.2 Å². The predicted molar refractivity (Wildman–Crippen MR) is 98.4 cm³/mol. The van der Waals surface area contributed by atoms with E-state index in [1.54, 1.807) is 43.8 Å².